The Labute approximate surface area is 188 Å². The van der Waals surface area contributed by atoms with Crippen LogP contribution in [0.15, 0.2) is 30.6 Å². The first-order valence-electron chi connectivity index (χ1n) is 11.6. The number of amides is 1. The van der Waals surface area contributed by atoms with Crippen LogP contribution in [0.4, 0.5) is 0 Å². The molecule has 3 heterocycles. The van der Waals surface area contributed by atoms with E-state index in [1.807, 2.05) is 36.1 Å². The third-order valence-electron chi connectivity index (χ3n) is 6.43. The number of likely N-dealkylation sites (tertiary alicyclic amines) is 1. The average molecular weight is 437 g/mol. The van der Waals surface area contributed by atoms with Gasteiger partial charge in [-0.05, 0) is 52.0 Å². The maximum absolute atomic E-state index is 12.7. The van der Waals surface area contributed by atoms with E-state index in [0.717, 1.165) is 54.8 Å². The molecule has 0 saturated carbocycles. The van der Waals surface area contributed by atoms with Crippen molar-refractivity contribution in [1.29, 1.82) is 0 Å². The number of aryl methyl sites for hydroxylation is 1. The highest BCUT2D eigenvalue weighted by molar-refractivity contribution is 5.92. The molecule has 8 heteroatoms. The average Bonchev–Trinajstić information content (AvgIpc) is 3.39. The zero-order valence-electron chi connectivity index (χ0n) is 19.2. The third-order valence-corrected chi connectivity index (χ3v) is 6.43. The van der Waals surface area contributed by atoms with Crippen molar-refractivity contribution >= 4 is 22.7 Å². The molecule has 0 aliphatic carbocycles. The summed E-state index contributed by atoms with van der Waals surface area (Å²) in [5.74, 6) is 1.64. The van der Waals surface area contributed by atoms with Crippen molar-refractivity contribution in [1.82, 2.24) is 29.4 Å². The number of aromatic nitrogens is 5. The summed E-state index contributed by atoms with van der Waals surface area (Å²) in [7, 11) is 0. The number of para-hydroxylation sites is 1. The zero-order chi connectivity index (χ0) is 22.7. The second-order valence-electron chi connectivity index (χ2n) is 9.04. The van der Waals surface area contributed by atoms with E-state index in [1.165, 1.54) is 4.68 Å². The number of hydrogen-bond donors (Lipinski definition) is 0. The molecule has 32 heavy (non-hydrogen) atoms. The van der Waals surface area contributed by atoms with Crippen molar-refractivity contribution < 1.29 is 9.59 Å². The van der Waals surface area contributed by atoms with Gasteiger partial charge in [-0.1, -0.05) is 18.2 Å². The highest BCUT2D eigenvalue weighted by Gasteiger charge is 2.24. The predicted molar refractivity (Wildman–Crippen MR) is 122 cm³/mol. The standard InChI is InChI=1S/C24H32N6O2/c1-17(2)29-16-25-26-22(29)15-19-11-13-28(14-12-19)23(31)9-6-10-24(32)30-21-8-5-4-7-20(21)18(3)27-30/h4-5,7-8,16-17,19H,6,9-15H2,1-3H3. The number of rotatable bonds is 7. The predicted octanol–water partition coefficient (Wildman–Crippen LogP) is 3.81. The van der Waals surface area contributed by atoms with Crippen LogP contribution in [-0.2, 0) is 11.2 Å². The summed E-state index contributed by atoms with van der Waals surface area (Å²) >= 11 is 0. The van der Waals surface area contributed by atoms with Gasteiger partial charge in [0.15, 0.2) is 0 Å². The van der Waals surface area contributed by atoms with E-state index in [9.17, 15) is 9.59 Å². The summed E-state index contributed by atoms with van der Waals surface area (Å²) < 4.78 is 3.61. The van der Waals surface area contributed by atoms with E-state index < -0.39 is 0 Å². The normalized spacial score (nSPS) is 15.1. The second kappa shape index (κ2) is 9.63. The maximum atomic E-state index is 12.7. The van der Waals surface area contributed by atoms with Crippen LogP contribution < -0.4 is 0 Å². The van der Waals surface area contributed by atoms with Crippen LogP contribution in [-0.4, -0.2) is 54.3 Å². The Morgan fingerprint density at radius 2 is 1.81 bits per heavy atom. The molecule has 1 aromatic carbocycles. The van der Waals surface area contributed by atoms with Gasteiger partial charge in [0.2, 0.25) is 11.8 Å². The SMILES string of the molecule is Cc1nn(C(=O)CCCC(=O)N2CCC(Cc3nncn3C(C)C)CC2)c2ccccc12. The fourth-order valence-corrected chi connectivity index (χ4v) is 4.56. The lowest BCUT2D eigenvalue weighted by molar-refractivity contribution is -0.132. The van der Waals surface area contributed by atoms with E-state index in [4.69, 9.17) is 0 Å². The first kappa shape index (κ1) is 22.2. The lowest BCUT2D eigenvalue weighted by atomic mass is 9.93. The number of piperidine rings is 1. The molecule has 4 rings (SSSR count). The van der Waals surface area contributed by atoms with Crippen molar-refractivity contribution in [2.24, 2.45) is 5.92 Å². The molecule has 8 nitrogen and oxygen atoms in total. The van der Waals surface area contributed by atoms with Gasteiger partial charge < -0.3 is 9.47 Å². The van der Waals surface area contributed by atoms with Crippen molar-refractivity contribution in [3.05, 3.63) is 42.1 Å². The molecule has 1 aliphatic rings. The van der Waals surface area contributed by atoms with Gasteiger partial charge in [-0.15, -0.1) is 10.2 Å². The van der Waals surface area contributed by atoms with Crippen molar-refractivity contribution in [2.75, 3.05) is 13.1 Å². The van der Waals surface area contributed by atoms with Crippen LogP contribution in [0.25, 0.3) is 10.9 Å². The molecule has 3 aromatic rings. The number of benzene rings is 1. The zero-order valence-corrected chi connectivity index (χ0v) is 19.2. The summed E-state index contributed by atoms with van der Waals surface area (Å²) in [6.07, 6.45) is 5.93. The van der Waals surface area contributed by atoms with Crippen molar-refractivity contribution in [2.45, 2.75) is 65.3 Å². The summed E-state index contributed by atoms with van der Waals surface area (Å²) in [6, 6.07) is 8.09. The Kier molecular flexibility index (Phi) is 6.67. The number of fused-ring (bicyclic) bond motifs is 1. The first-order chi connectivity index (χ1) is 15.4. The fourth-order valence-electron chi connectivity index (χ4n) is 4.56. The third kappa shape index (κ3) is 4.74. The largest absolute Gasteiger partial charge is 0.343 e. The molecule has 1 saturated heterocycles. The van der Waals surface area contributed by atoms with Crippen LogP contribution in [0.3, 0.4) is 0 Å². The maximum Gasteiger partial charge on any atom is 0.247 e. The Bertz CT molecular complexity index is 1090. The minimum atomic E-state index is -0.0601. The van der Waals surface area contributed by atoms with Crippen molar-refractivity contribution in [3.8, 4) is 0 Å². The molecule has 0 spiro atoms. The molecule has 1 fully saturated rings. The van der Waals surface area contributed by atoms with E-state index in [1.54, 1.807) is 6.33 Å². The van der Waals surface area contributed by atoms with E-state index in [2.05, 4.69) is 33.7 Å². The van der Waals surface area contributed by atoms with Crippen LogP contribution in [0.1, 0.15) is 68.3 Å². The molecule has 0 atom stereocenters. The van der Waals surface area contributed by atoms with E-state index in [-0.39, 0.29) is 11.8 Å². The highest BCUT2D eigenvalue weighted by Crippen LogP contribution is 2.23. The quantitative estimate of drug-likeness (QED) is 0.562. The molecule has 170 valence electrons. The Morgan fingerprint density at radius 3 is 2.56 bits per heavy atom. The second-order valence-corrected chi connectivity index (χ2v) is 9.04. The monoisotopic (exact) mass is 436 g/mol. The minimum Gasteiger partial charge on any atom is -0.343 e. The minimum absolute atomic E-state index is 0.0601. The number of hydrogen-bond acceptors (Lipinski definition) is 5. The number of carbonyl (C=O) groups is 2. The lowest BCUT2D eigenvalue weighted by Crippen LogP contribution is -2.39. The highest BCUT2D eigenvalue weighted by atomic mass is 16.2. The molecule has 0 N–H and O–H groups in total. The van der Waals surface area contributed by atoms with Gasteiger partial charge in [0.1, 0.15) is 12.2 Å². The smallest absolute Gasteiger partial charge is 0.247 e. The van der Waals surface area contributed by atoms with Crippen LogP contribution in [0.2, 0.25) is 0 Å². The van der Waals surface area contributed by atoms with Crippen LogP contribution in [0.5, 0.6) is 0 Å². The summed E-state index contributed by atoms with van der Waals surface area (Å²) in [5, 5.41) is 13.7. The van der Waals surface area contributed by atoms with Crippen LogP contribution >= 0.6 is 0 Å². The van der Waals surface area contributed by atoms with Gasteiger partial charge in [-0.3, -0.25) is 9.59 Å². The molecule has 0 radical (unpaired) electrons. The van der Waals surface area contributed by atoms with Gasteiger partial charge in [0.25, 0.3) is 0 Å². The lowest BCUT2D eigenvalue weighted by Gasteiger charge is -2.32. The first-order valence-corrected chi connectivity index (χ1v) is 11.6. The topological polar surface area (TPSA) is 85.9 Å². The number of carbonyl (C=O) groups excluding carboxylic acids is 2. The summed E-state index contributed by atoms with van der Waals surface area (Å²) in [5.41, 5.74) is 1.68. The van der Waals surface area contributed by atoms with E-state index >= 15 is 0 Å². The van der Waals surface area contributed by atoms with Crippen molar-refractivity contribution in [3.63, 3.8) is 0 Å². The molecule has 0 unspecified atom stereocenters. The Morgan fingerprint density at radius 1 is 1.09 bits per heavy atom. The molecular weight excluding hydrogens is 404 g/mol. The van der Waals surface area contributed by atoms with Gasteiger partial charge in [-0.25, -0.2) is 0 Å². The molecular formula is C24H32N6O2. The summed E-state index contributed by atoms with van der Waals surface area (Å²) in [6.45, 7) is 7.72. The van der Waals surface area contributed by atoms with Gasteiger partial charge in [0.05, 0.1) is 11.2 Å². The van der Waals surface area contributed by atoms with Gasteiger partial charge in [0, 0.05) is 43.8 Å². The van der Waals surface area contributed by atoms with Gasteiger partial charge in [-0.2, -0.15) is 9.78 Å². The van der Waals surface area contributed by atoms with Gasteiger partial charge >= 0.3 is 0 Å². The molecule has 1 amide bonds. The Balaban J connectivity index is 1.23. The number of nitrogens with zero attached hydrogens (tertiary/aromatic N) is 6. The molecule has 0 bridgehead atoms. The molecule has 2 aromatic heterocycles. The van der Waals surface area contributed by atoms with Crippen LogP contribution in [0, 0.1) is 12.8 Å². The van der Waals surface area contributed by atoms with E-state index in [0.29, 0.717) is 31.2 Å². The Hall–Kier alpha value is -3.03. The fraction of sp³-hybridized carbons (Fsp3) is 0.542. The summed E-state index contributed by atoms with van der Waals surface area (Å²) in [4.78, 5) is 27.3. The molecule has 1 aliphatic heterocycles.